The van der Waals surface area contributed by atoms with Gasteiger partial charge >= 0.3 is 0 Å². The molecule has 98 valence electrons. The molecule has 2 N–H and O–H groups in total. The van der Waals surface area contributed by atoms with Crippen LogP contribution in [0, 0.1) is 0 Å². The van der Waals surface area contributed by atoms with E-state index < -0.39 is 0 Å². The van der Waals surface area contributed by atoms with E-state index in [0.29, 0.717) is 27.1 Å². The topological polar surface area (TPSA) is 35.2 Å². The molecule has 0 saturated heterocycles. The van der Waals surface area contributed by atoms with Gasteiger partial charge in [0.2, 0.25) is 0 Å². The summed E-state index contributed by atoms with van der Waals surface area (Å²) < 4.78 is 6.60. The normalized spacial score (nSPS) is 10.3. The Morgan fingerprint density at radius 1 is 1.11 bits per heavy atom. The fourth-order valence-electron chi connectivity index (χ4n) is 1.46. The number of nitrogens with two attached hydrogens (primary N) is 1. The Kier molecular flexibility index (Phi) is 4.68. The monoisotopic (exact) mass is 375 g/mol. The van der Waals surface area contributed by atoms with Crippen molar-refractivity contribution in [3.8, 4) is 11.5 Å². The van der Waals surface area contributed by atoms with Crippen molar-refractivity contribution in [2.75, 3.05) is 0 Å². The Balaban J connectivity index is 2.40. The molecule has 2 nitrogen and oxygen atoms in total. The minimum atomic E-state index is 0.214. The van der Waals surface area contributed by atoms with Crippen LogP contribution >= 0.6 is 51.3 Å². The quantitative estimate of drug-likeness (QED) is 0.749. The fraction of sp³-hybridized carbons (Fsp3) is 0. The molecule has 0 unspecified atom stereocenters. The molecule has 0 fully saturated rings. The Hall–Kier alpha value is -0.810. The second kappa shape index (κ2) is 6.09. The molecule has 0 aliphatic rings. The molecular formula is C13H8BrCl2NOS. The zero-order valence-electron chi connectivity index (χ0n) is 9.49. The van der Waals surface area contributed by atoms with Crippen LogP contribution in [0.2, 0.25) is 10.0 Å². The van der Waals surface area contributed by atoms with Crippen LogP contribution in [0.25, 0.3) is 0 Å². The Morgan fingerprint density at radius 3 is 2.42 bits per heavy atom. The fourth-order valence-corrected chi connectivity index (χ4v) is 2.50. The van der Waals surface area contributed by atoms with Crippen LogP contribution in [0.15, 0.2) is 40.9 Å². The average Bonchev–Trinajstić information content (AvgIpc) is 2.34. The maximum atomic E-state index is 6.10. The lowest BCUT2D eigenvalue weighted by molar-refractivity contribution is 0.482. The van der Waals surface area contributed by atoms with Crippen LogP contribution in [0.1, 0.15) is 5.56 Å². The number of halogens is 3. The van der Waals surface area contributed by atoms with Crippen LogP contribution in [0.4, 0.5) is 0 Å². The summed E-state index contributed by atoms with van der Waals surface area (Å²) in [6.45, 7) is 0. The molecule has 0 aliphatic heterocycles. The van der Waals surface area contributed by atoms with E-state index in [1.807, 2.05) is 6.07 Å². The first-order chi connectivity index (χ1) is 8.97. The van der Waals surface area contributed by atoms with Crippen LogP contribution < -0.4 is 10.5 Å². The SMILES string of the molecule is NC(=S)c1cc(Cl)ccc1Oc1ccc(Br)cc1Cl. The van der Waals surface area contributed by atoms with Crippen molar-refractivity contribution >= 4 is 56.3 Å². The molecule has 0 aromatic heterocycles. The number of rotatable bonds is 3. The van der Waals surface area contributed by atoms with Gasteiger partial charge in [0, 0.05) is 9.50 Å². The van der Waals surface area contributed by atoms with Crippen LogP contribution in [-0.2, 0) is 0 Å². The standard InChI is InChI=1S/C13H8BrCl2NOS/c14-7-1-3-12(10(16)5-7)18-11-4-2-8(15)6-9(11)13(17)19/h1-6H,(H2,17,19). The maximum Gasteiger partial charge on any atom is 0.146 e. The van der Waals surface area contributed by atoms with Gasteiger partial charge in [-0.3, -0.25) is 0 Å². The molecule has 0 bridgehead atoms. The average molecular weight is 377 g/mol. The summed E-state index contributed by atoms with van der Waals surface area (Å²) in [5.74, 6) is 1.03. The summed E-state index contributed by atoms with van der Waals surface area (Å²) in [7, 11) is 0. The zero-order valence-corrected chi connectivity index (χ0v) is 13.4. The van der Waals surface area contributed by atoms with E-state index in [4.69, 9.17) is 45.9 Å². The zero-order chi connectivity index (χ0) is 14.0. The van der Waals surface area contributed by atoms with Gasteiger partial charge in [-0.05, 0) is 36.4 Å². The van der Waals surface area contributed by atoms with Crippen LogP contribution in [-0.4, -0.2) is 4.99 Å². The number of hydrogen-bond acceptors (Lipinski definition) is 2. The highest BCUT2D eigenvalue weighted by Gasteiger charge is 2.10. The minimum absolute atomic E-state index is 0.214. The highest BCUT2D eigenvalue weighted by molar-refractivity contribution is 9.10. The second-order valence-electron chi connectivity index (χ2n) is 3.68. The predicted molar refractivity (Wildman–Crippen MR) is 86.6 cm³/mol. The second-order valence-corrected chi connectivity index (χ2v) is 5.88. The summed E-state index contributed by atoms with van der Waals surface area (Å²) in [5, 5.41) is 1.02. The molecule has 0 atom stereocenters. The van der Waals surface area contributed by atoms with Gasteiger partial charge in [-0.1, -0.05) is 51.3 Å². The molecule has 0 radical (unpaired) electrons. The summed E-state index contributed by atoms with van der Waals surface area (Å²) in [6.07, 6.45) is 0. The minimum Gasteiger partial charge on any atom is -0.455 e. The van der Waals surface area contributed by atoms with Gasteiger partial charge in [-0.2, -0.15) is 0 Å². The number of hydrogen-bond donors (Lipinski definition) is 1. The lowest BCUT2D eigenvalue weighted by atomic mass is 10.2. The van der Waals surface area contributed by atoms with E-state index in [0.717, 1.165) is 4.47 Å². The first-order valence-electron chi connectivity index (χ1n) is 5.19. The highest BCUT2D eigenvalue weighted by atomic mass is 79.9. The van der Waals surface area contributed by atoms with Crippen molar-refractivity contribution in [2.24, 2.45) is 5.73 Å². The summed E-state index contributed by atoms with van der Waals surface area (Å²) in [6, 6.07) is 10.4. The predicted octanol–water partition coefficient (Wildman–Crippen LogP) is 5.18. The lowest BCUT2D eigenvalue weighted by Crippen LogP contribution is -2.10. The highest BCUT2D eigenvalue weighted by Crippen LogP contribution is 2.34. The van der Waals surface area contributed by atoms with Crippen molar-refractivity contribution in [3.05, 3.63) is 56.5 Å². The first-order valence-corrected chi connectivity index (χ1v) is 7.15. The lowest BCUT2D eigenvalue weighted by Gasteiger charge is -2.12. The first kappa shape index (κ1) is 14.6. The van der Waals surface area contributed by atoms with Crippen molar-refractivity contribution in [3.63, 3.8) is 0 Å². The molecule has 2 aromatic carbocycles. The number of ether oxygens (including phenoxy) is 1. The summed E-state index contributed by atoms with van der Waals surface area (Å²) in [5.41, 5.74) is 6.22. The van der Waals surface area contributed by atoms with Crippen molar-refractivity contribution in [1.29, 1.82) is 0 Å². The van der Waals surface area contributed by atoms with Gasteiger partial charge in [0.25, 0.3) is 0 Å². The molecule has 0 amide bonds. The smallest absolute Gasteiger partial charge is 0.146 e. The molecule has 6 heteroatoms. The molecule has 0 heterocycles. The van der Waals surface area contributed by atoms with Gasteiger partial charge in [0.15, 0.2) is 0 Å². The van der Waals surface area contributed by atoms with Crippen molar-refractivity contribution < 1.29 is 4.74 Å². The van der Waals surface area contributed by atoms with Crippen LogP contribution in [0.3, 0.4) is 0 Å². The molecular weight excluding hydrogens is 369 g/mol. The van der Waals surface area contributed by atoms with Gasteiger partial charge in [-0.25, -0.2) is 0 Å². The Bertz CT molecular complexity index is 649. The third-order valence-electron chi connectivity index (χ3n) is 2.32. The molecule has 2 aromatic rings. The Morgan fingerprint density at radius 2 is 1.79 bits per heavy atom. The summed E-state index contributed by atoms with van der Waals surface area (Å²) >= 11 is 20.3. The number of thiocarbonyl (C=S) groups is 1. The third kappa shape index (κ3) is 3.60. The van der Waals surface area contributed by atoms with E-state index in [-0.39, 0.29) is 4.99 Å². The molecule has 0 saturated carbocycles. The molecule has 0 aliphatic carbocycles. The summed E-state index contributed by atoms with van der Waals surface area (Å²) in [4.78, 5) is 0.214. The van der Waals surface area contributed by atoms with Gasteiger partial charge in [0.05, 0.1) is 10.6 Å². The van der Waals surface area contributed by atoms with E-state index in [1.165, 1.54) is 0 Å². The molecule has 0 spiro atoms. The maximum absolute atomic E-state index is 6.10. The third-order valence-corrected chi connectivity index (χ3v) is 3.56. The molecule has 2 rings (SSSR count). The van der Waals surface area contributed by atoms with Gasteiger partial charge in [-0.15, -0.1) is 0 Å². The van der Waals surface area contributed by atoms with Crippen LogP contribution in [0.5, 0.6) is 11.5 Å². The van der Waals surface area contributed by atoms with Gasteiger partial charge in [0.1, 0.15) is 16.5 Å². The molecule has 19 heavy (non-hydrogen) atoms. The van der Waals surface area contributed by atoms with E-state index in [2.05, 4.69) is 15.9 Å². The van der Waals surface area contributed by atoms with E-state index >= 15 is 0 Å². The Labute approximate surface area is 134 Å². The van der Waals surface area contributed by atoms with E-state index in [9.17, 15) is 0 Å². The van der Waals surface area contributed by atoms with E-state index in [1.54, 1.807) is 30.3 Å². The van der Waals surface area contributed by atoms with Crippen molar-refractivity contribution in [1.82, 2.24) is 0 Å². The number of benzene rings is 2. The van der Waals surface area contributed by atoms with Crippen molar-refractivity contribution in [2.45, 2.75) is 0 Å². The largest absolute Gasteiger partial charge is 0.455 e. The van der Waals surface area contributed by atoms with Gasteiger partial charge < -0.3 is 10.5 Å².